The van der Waals surface area contributed by atoms with Crippen molar-refractivity contribution in [2.24, 2.45) is 0 Å². The van der Waals surface area contributed by atoms with Crippen LogP contribution in [0, 0.1) is 18.1 Å². The third-order valence-electron chi connectivity index (χ3n) is 1.91. The number of halogens is 5. The minimum atomic E-state index is -1.26. The molecule has 0 saturated carbocycles. The lowest BCUT2D eigenvalue weighted by molar-refractivity contribution is -0.133. The molecule has 8 nitrogen and oxygen atoms in total. The number of carboxylic acid groups (broad SMARTS) is 1. The molecule has 5 N–H and O–H groups in total. The quantitative estimate of drug-likeness (QED) is 0.387. The van der Waals surface area contributed by atoms with E-state index in [0.717, 1.165) is 11.8 Å². The molecule has 2 heterocycles. The monoisotopic (exact) mass is 404 g/mol. The number of carbonyl (C=O) groups is 1. The summed E-state index contributed by atoms with van der Waals surface area (Å²) in [4.78, 5) is 22.5. The number of anilines is 2. The molecule has 0 amide bonds. The predicted octanol–water partition coefficient (Wildman–Crippen LogP) is 2.02. The summed E-state index contributed by atoms with van der Waals surface area (Å²) in [5.41, 5.74) is 3.49. The predicted molar refractivity (Wildman–Crippen MR) is 81.1 cm³/mol. The Balaban J connectivity index is 0.000000273. The van der Waals surface area contributed by atoms with Crippen LogP contribution >= 0.6 is 35.0 Å². The number of rotatable bonds is 5. The fourth-order valence-electron chi connectivity index (χ4n) is 1.02. The summed E-state index contributed by atoms with van der Waals surface area (Å²) in [6, 6.07) is 0. The number of hydrogen-bond donors (Lipinski definition) is 3. The first-order chi connectivity index (χ1) is 12.2. The summed E-state index contributed by atoms with van der Waals surface area (Å²) < 4.78 is 50.6. The fourth-order valence-corrected chi connectivity index (χ4v) is 1.98. The maximum absolute atomic E-state index is 12.8. The van der Waals surface area contributed by atoms with Gasteiger partial charge in [-0.25, -0.2) is 0 Å². The SMILES string of the molecule is [2H]Nc1nc(F)nc(F)c1Cl.[2H]Nc1nc(F)nc(SCC(=O)O)c1Cl. The van der Waals surface area contributed by atoms with Gasteiger partial charge in [-0.15, -0.1) is 0 Å². The zero-order valence-corrected chi connectivity index (χ0v) is 13.5. The Hall–Kier alpha value is -2.05. The fraction of sp³-hybridized carbons (Fsp3) is 0.100. The smallest absolute Gasteiger partial charge is 0.313 e. The highest BCUT2D eigenvalue weighted by molar-refractivity contribution is 8.00. The lowest BCUT2D eigenvalue weighted by atomic mass is 10.6. The Bertz CT molecular complexity index is 810. The third-order valence-corrected chi connectivity index (χ3v) is 3.67. The van der Waals surface area contributed by atoms with Crippen LogP contribution in [-0.4, -0.2) is 36.8 Å². The number of nitrogen functional groups attached to an aromatic ring is 2. The zero-order chi connectivity index (χ0) is 19.9. The number of hydrogen-bond acceptors (Lipinski definition) is 8. The molecule has 0 aliphatic rings. The van der Waals surface area contributed by atoms with Gasteiger partial charge in [-0.3, -0.25) is 4.79 Å². The molecular weight excluding hydrogens is 396 g/mol. The normalized spacial score (nSPS) is 10.9. The summed E-state index contributed by atoms with van der Waals surface area (Å²) in [7, 11) is 0. The van der Waals surface area contributed by atoms with E-state index in [1.165, 1.54) is 0 Å². The maximum Gasteiger partial charge on any atom is 0.313 e. The van der Waals surface area contributed by atoms with Gasteiger partial charge in [0.2, 0.25) is 5.95 Å². The van der Waals surface area contributed by atoms with Gasteiger partial charge in [-0.2, -0.15) is 33.1 Å². The van der Waals surface area contributed by atoms with E-state index in [4.69, 9.17) is 31.1 Å². The number of aliphatic carboxylic acids is 1. The van der Waals surface area contributed by atoms with Gasteiger partial charge in [0.15, 0.2) is 8.64 Å². The van der Waals surface area contributed by atoms with Gasteiger partial charge in [0, 0.05) is 0 Å². The van der Waals surface area contributed by atoms with E-state index in [9.17, 15) is 18.0 Å². The second-order valence-electron chi connectivity index (χ2n) is 3.59. The molecule has 0 aliphatic heterocycles. The van der Waals surface area contributed by atoms with Crippen molar-refractivity contribution in [2.75, 3.05) is 17.2 Å². The minimum absolute atomic E-state index is 0.0127. The van der Waals surface area contributed by atoms with Gasteiger partial charge in [-0.1, -0.05) is 35.0 Å². The summed E-state index contributed by atoms with van der Waals surface area (Å²) in [6.45, 7) is 0. The summed E-state index contributed by atoms with van der Waals surface area (Å²) in [5.74, 6) is -3.15. The average Bonchev–Trinajstić information content (AvgIpc) is 2.58. The second-order valence-corrected chi connectivity index (χ2v) is 5.31. The van der Waals surface area contributed by atoms with E-state index in [2.05, 4.69) is 19.9 Å². The molecule has 2 rings (SSSR count). The lowest BCUT2D eigenvalue weighted by Crippen LogP contribution is -2.02. The Kier molecular flexibility index (Phi) is 6.09. The van der Waals surface area contributed by atoms with Crippen LogP contribution < -0.4 is 11.5 Å². The Morgan fingerprint density at radius 2 is 1.62 bits per heavy atom. The molecule has 0 aliphatic carbocycles. The molecule has 0 bridgehead atoms. The average molecular weight is 405 g/mol. The highest BCUT2D eigenvalue weighted by atomic mass is 35.5. The van der Waals surface area contributed by atoms with Gasteiger partial charge in [-0.05, 0) is 0 Å². The molecule has 0 saturated heterocycles. The van der Waals surface area contributed by atoms with E-state index < -0.39 is 34.9 Å². The zero-order valence-electron chi connectivity index (χ0n) is 13.1. The number of aromatic nitrogens is 4. The summed E-state index contributed by atoms with van der Waals surface area (Å²) in [5, 5.41) is 7.82. The summed E-state index contributed by atoms with van der Waals surface area (Å²) >= 11 is 11.6. The van der Waals surface area contributed by atoms with Gasteiger partial charge >= 0.3 is 18.1 Å². The number of carboxylic acids is 1. The van der Waals surface area contributed by atoms with E-state index >= 15 is 0 Å². The van der Waals surface area contributed by atoms with Gasteiger partial charge in [0.1, 0.15) is 20.9 Å². The largest absolute Gasteiger partial charge is 0.481 e. The molecule has 24 heavy (non-hydrogen) atoms. The van der Waals surface area contributed by atoms with Crippen molar-refractivity contribution in [2.45, 2.75) is 5.03 Å². The number of thioether (sulfide) groups is 1. The first-order valence-corrected chi connectivity index (χ1v) is 7.25. The maximum atomic E-state index is 12.8. The molecule has 0 spiro atoms. The van der Waals surface area contributed by atoms with Crippen molar-refractivity contribution in [3.05, 3.63) is 28.1 Å². The lowest BCUT2D eigenvalue weighted by Gasteiger charge is -2.02. The Morgan fingerprint density at radius 1 is 1.08 bits per heavy atom. The van der Waals surface area contributed by atoms with E-state index in [1.54, 1.807) is 5.73 Å². The highest BCUT2D eigenvalue weighted by Gasteiger charge is 2.12. The van der Waals surface area contributed by atoms with Gasteiger partial charge in [0.25, 0.3) is 0 Å². The van der Waals surface area contributed by atoms with Crippen molar-refractivity contribution >= 4 is 52.6 Å². The molecule has 2 aromatic rings. The minimum Gasteiger partial charge on any atom is -0.481 e. The van der Waals surface area contributed by atoms with Crippen molar-refractivity contribution in [3.63, 3.8) is 0 Å². The van der Waals surface area contributed by atoms with Crippen LogP contribution in [0.2, 0.25) is 12.9 Å². The van der Waals surface area contributed by atoms with Crippen molar-refractivity contribution < 1.29 is 25.9 Å². The summed E-state index contributed by atoms with van der Waals surface area (Å²) in [6.07, 6.45) is -2.33. The van der Waals surface area contributed by atoms with Crippen LogP contribution in [0.3, 0.4) is 0 Å². The number of nitrogens with two attached hydrogens (primary N) is 2. The van der Waals surface area contributed by atoms with E-state index in [1.807, 2.05) is 5.73 Å². The van der Waals surface area contributed by atoms with Crippen LogP contribution in [0.1, 0.15) is 0 Å². The molecule has 0 atom stereocenters. The molecule has 0 unspecified atom stereocenters. The van der Waals surface area contributed by atoms with Crippen molar-refractivity contribution in [1.82, 2.24) is 19.9 Å². The van der Waals surface area contributed by atoms with Crippen LogP contribution in [0.25, 0.3) is 0 Å². The second kappa shape index (κ2) is 8.70. The Morgan fingerprint density at radius 3 is 2.17 bits per heavy atom. The molecule has 2 aromatic heterocycles. The molecule has 0 aromatic carbocycles. The molecule has 0 fully saturated rings. The van der Waals surface area contributed by atoms with Crippen molar-refractivity contribution in [3.8, 4) is 0 Å². The van der Waals surface area contributed by atoms with E-state index in [0.29, 0.717) is 0 Å². The molecule has 14 heteroatoms. The van der Waals surface area contributed by atoms with Crippen LogP contribution in [0.5, 0.6) is 0 Å². The van der Waals surface area contributed by atoms with Crippen molar-refractivity contribution in [1.29, 1.82) is 0 Å². The molecule has 0 radical (unpaired) electrons. The topological polar surface area (TPSA) is 141 Å². The van der Waals surface area contributed by atoms with Crippen LogP contribution in [0.4, 0.5) is 24.8 Å². The molecule has 130 valence electrons. The third kappa shape index (κ3) is 5.86. The van der Waals surface area contributed by atoms with Crippen LogP contribution in [0.15, 0.2) is 5.03 Å². The standard InChI is InChI=1S/C6H5ClFN3O2S.C4H2ClF2N3/c7-3-4(9)10-6(8)11-5(3)14-1-2(12)13;5-1-2(6)9-4(7)10-3(1)8/h1H2,(H,12,13)(H2,9,10,11);(H2,8,9,10)/i/hD2. The van der Waals surface area contributed by atoms with Crippen LogP contribution in [-0.2, 0) is 4.79 Å². The van der Waals surface area contributed by atoms with Gasteiger partial charge in [0.05, 0.1) is 5.75 Å². The highest BCUT2D eigenvalue weighted by Crippen LogP contribution is 2.28. The molecular formula is C10H7Cl2F3N6O2S. The van der Waals surface area contributed by atoms with E-state index in [-0.39, 0.29) is 21.6 Å². The Labute approximate surface area is 149 Å². The van der Waals surface area contributed by atoms with Gasteiger partial charge < -0.3 is 16.6 Å². The number of nitrogens with zero attached hydrogens (tertiary/aromatic N) is 4. The first-order valence-electron chi connectivity index (χ1n) is 6.51. The first kappa shape index (κ1) is 16.8.